The summed E-state index contributed by atoms with van der Waals surface area (Å²) in [6, 6.07) is 4.01. The van der Waals surface area contributed by atoms with Crippen LogP contribution in [0.4, 0.5) is 0 Å². The summed E-state index contributed by atoms with van der Waals surface area (Å²) in [5.74, 6) is -0.221. The highest BCUT2D eigenvalue weighted by Crippen LogP contribution is 2.15. The first-order chi connectivity index (χ1) is 9.56. The number of amides is 2. The van der Waals surface area contributed by atoms with Crippen LogP contribution in [0.15, 0.2) is 17.5 Å². The van der Waals surface area contributed by atoms with Gasteiger partial charge in [-0.05, 0) is 24.3 Å². The third-order valence-corrected chi connectivity index (χ3v) is 4.52. The van der Waals surface area contributed by atoms with Crippen LogP contribution in [0, 0.1) is 0 Å². The highest BCUT2D eigenvalue weighted by molar-refractivity contribution is 7.10. The minimum absolute atomic E-state index is 0.0322. The van der Waals surface area contributed by atoms with E-state index in [4.69, 9.17) is 23.2 Å². The van der Waals surface area contributed by atoms with Gasteiger partial charge in [-0.3, -0.25) is 9.59 Å². The molecule has 0 aromatic carbocycles. The first-order valence-corrected chi connectivity index (χ1v) is 8.20. The van der Waals surface area contributed by atoms with Gasteiger partial charge in [0.2, 0.25) is 5.91 Å². The van der Waals surface area contributed by atoms with Gasteiger partial charge in [0.15, 0.2) is 4.84 Å². The summed E-state index contributed by atoms with van der Waals surface area (Å²) in [6.07, 6.45) is 1.90. The first-order valence-electron chi connectivity index (χ1n) is 6.45. The molecule has 110 valence electrons. The number of hydrogen-bond donors (Lipinski definition) is 1. The van der Waals surface area contributed by atoms with Crippen molar-refractivity contribution in [3.05, 3.63) is 22.4 Å². The van der Waals surface area contributed by atoms with Gasteiger partial charge < -0.3 is 10.2 Å². The van der Waals surface area contributed by atoms with Crippen molar-refractivity contribution in [3.8, 4) is 0 Å². The van der Waals surface area contributed by atoms with Crippen LogP contribution in [0.25, 0.3) is 0 Å². The summed E-state index contributed by atoms with van der Waals surface area (Å²) in [5.41, 5.74) is 0. The minimum atomic E-state index is -1.00. The molecule has 1 aromatic heterocycles. The quantitative estimate of drug-likeness (QED) is 0.858. The molecule has 1 aliphatic rings. The Morgan fingerprint density at radius 3 is 2.65 bits per heavy atom. The predicted molar refractivity (Wildman–Crippen MR) is 81.3 cm³/mol. The van der Waals surface area contributed by atoms with E-state index in [1.54, 1.807) is 16.2 Å². The molecule has 7 heteroatoms. The molecule has 1 fully saturated rings. The third kappa shape index (κ3) is 4.36. The monoisotopic (exact) mass is 334 g/mol. The number of piperidine rings is 1. The van der Waals surface area contributed by atoms with Crippen LogP contribution < -0.4 is 5.32 Å². The topological polar surface area (TPSA) is 49.4 Å². The average molecular weight is 335 g/mol. The average Bonchev–Trinajstić information content (AvgIpc) is 2.91. The molecular weight excluding hydrogens is 319 g/mol. The molecule has 20 heavy (non-hydrogen) atoms. The van der Waals surface area contributed by atoms with E-state index in [9.17, 15) is 9.59 Å². The molecule has 0 radical (unpaired) electrons. The van der Waals surface area contributed by atoms with E-state index in [0.717, 1.165) is 17.7 Å². The lowest BCUT2D eigenvalue weighted by Gasteiger charge is -2.32. The molecule has 0 unspecified atom stereocenters. The summed E-state index contributed by atoms with van der Waals surface area (Å²) in [5, 5.41) is 4.97. The first kappa shape index (κ1) is 15.6. The third-order valence-electron chi connectivity index (χ3n) is 3.27. The zero-order chi connectivity index (χ0) is 14.5. The molecule has 0 aliphatic carbocycles. The van der Waals surface area contributed by atoms with E-state index in [-0.39, 0.29) is 17.9 Å². The molecule has 2 rings (SSSR count). The van der Waals surface area contributed by atoms with E-state index in [1.807, 2.05) is 17.5 Å². The van der Waals surface area contributed by atoms with Gasteiger partial charge >= 0.3 is 0 Å². The largest absolute Gasteiger partial charge is 0.353 e. The smallest absolute Gasteiger partial charge is 0.255 e. The Morgan fingerprint density at radius 2 is 2.10 bits per heavy atom. The second kappa shape index (κ2) is 7.29. The van der Waals surface area contributed by atoms with Crippen molar-refractivity contribution >= 4 is 46.4 Å². The Kier molecular flexibility index (Phi) is 5.69. The predicted octanol–water partition coefficient (Wildman–Crippen LogP) is 2.20. The number of hydrogen-bond acceptors (Lipinski definition) is 3. The van der Waals surface area contributed by atoms with Gasteiger partial charge in [0.1, 0.15) is 0 Å². The second-order valence-corrected chi connectivity index (χ2v) is 6.85. The molecule has 0 spiro atoms. The van der Waals surface area contributed by atoms with Crippen molar-refractivity contribution in [3.63, 3.8) is 0 Å². The molecule has 2 heterocycles. The SMILES string of the molecule is O=C(Cc1cccs1)NC1CCN(C(=O)C(Cl)Cl)CC1. The van der Waals surface area contributed by atoms with Crippen molar-refractivity contribution < 1.29 is 9.59 Å². The lowest BCUT2D eigenvalue weighted by Crippen LogP contribution is -2.48. The molecule has 0 atom stereocenters. The lowest BCUT2D eigenvalue weighted by atomic mass is 10.0. The maximum atomic E-state index is 11.9. The second-order valence-electron chi connectivity index (χ2n) is 4.72. The lowest BCUT2D eigenvalue weighted by molar-refractivity contribution is -0.130. The van der Waals surface area contributed by atoms with Crippen molar-refractivity contribution in [1.82, 2.24) is 10.2 Å². The summed E-state index contributed by atoms with van der Waals surface area (Å²) < 4.78 is 0. The zero-order valence-electron chi connectivity index (χ0n) is 10.9. The fourth-order valence-corrected chi connectivity index (χ4v) is 3.21. The number of rotatable bonds is 4. The Morgan fingerprint density at radius 1 is 1.40 bits per heavy atom. The molecule has 4 nitrogen and oxygen atoms in total. The molecule has 1 N–H and O–H groups in total. The number of alkyl halides is 2. The Balaban J connectivity index is 1.74. The Bertz CT molecular complexity index is 457. The van der Waals surface area contributed by atoms with Gasteiger partial charge in [0.25, 0.3) is 5.91 Å². The van der Waals surface area contributed by atoms with Gasteiger partial charge in [-0.1, -0.05) is 29.3 Å². The van der Waals surface area contributed by atoms with Crippen LogP contribution in [-0.2, 0) is 16.0 Å². The van der Waals surface area contributed by atoms with Gasteiger partial charge in [0, 0.05) is 24.0 Å². The number of halogens is 2. The Hall–Kier alpha value is -0.780. The van der Waals surface area contributed by atoms with E-state index in [0.29, 0.717) is 19.5 Å². The van der Waals surface area contributed by atoms with Gasteiger partial charge in [-0.15, -0.1) is 11.3 Å². The normalized spacial score (nSPS) is 16.4. The molecule has 0 bridgehead atoms. The molecule has 1 saturated heterocycles. The fraction of sp³-hybridized carbons (Fsp3) is 0.538. The number of nitrogens with one attached hydrogen (secondary N) is 1. The van der Waals surface area contributed by atoms with Crippen LogP contribution in [0.1, 0.15) is 17.7 Å². The number of nitrogens with zero attached hydrogens (tertiary/aromatic N) is 1. The number of thiophene rings is 1. The highest BCUT2D eigenvalue weighted by Gasteiger charge is 2.26. The van der Waals surface area contributed by atoms with Gasteiger partial charge in [0.05, 0.1) is 6.42 Å². The van der Waals surface area contributed by atoms with E-state index in [2.05, 4.69) is 5.32 Å². The van der Waals surface area contributed by atoms with Crippen molar-refractivity contribution in [2.45, 2.75) is 30.1 Å². The van der Waals surface area contributed by atoms with E-state index < -0.39 is 4.84 Å². The number of carbonyl (C=O) groups excluding carboxylic acids is 2. The van der Waals surface area contributed by atoms with Crippen LogP contribution in [-0.4, -0.2) is 40.7 Å². The van der Waals surface area contributed by atoms with Crippen molar-refractivity contribution in [1.29, 1.82) is 0 Å². The molecule has 1 aliphatic heterocycles. The summed E-state index contributed by atoms with van der Waals surface area (Å²) >= 11 is 12.7. The Labute approximate surface area is 132 Å². The summed E-state index contributed by atoms with van der Waals surface area (Å²) in [6.45, 7) is 1.16. The van der Waals surface area contributed by atoms with Gasteiger partial charge in [-0.2, -0.15) is 0 Å². The van der Waals surface area contributed by atoms with Crippen LogP contribution in [0.2, 0.25) is 0 Å². The minimum Gasteiger partial charge on any atom is -0.353 e. The van der Waals surface area contributed by atoms with E-state index >= 15 is 0 Å². The molecule has 2 amide bonds. The summed E-state index contributed by atoms with van der Waals surface area (Å²) in [4.78, 5) is 25.2. The van der Waals surface area contributed by atoms with Gasteiger partial charge in [-0.25, -0.2) is 0 Å². The number of carbonyl (C=O) groups is 2. The van der Waals surface area contributed by atoms with Crippen molar-refractivity contribution in [2.75, 3.05) is 13.1 Å². The van der Waals surface area contributed by atoms with E-state index in [1.165, 1.54) is 0 Å². The standard InChI is InChI=1S/C13H16Cl2N2O2S/c14-12(15)13(19)17-5-3-9(4-6-17)16-11(18)8-10-2-1-7-20-10/h1-2,7,9,12H,3-6,8H2,(H,16,18). The fourth-order valence-electron chi connectivity index (χ4n) is 2.23. The number of likely N-dealkylation sites (tertiary alicyclic amines) is 1. The molecular formula is C13H16Cl2N2O2S. The summed E-state index contributed by atoms with van der Waals surface area (Å²) in [7, 11) is 0. The van der Waals surface area contributed by atoms with Crippen LogP contribution in [0.5, 0.6) is 0 Å². The van der Waals surface area contributed by atoms with Crippen LogP contribution >= 0.6 is 34.5 Å². The van der Waals surface area contributed by atoms with Crippen molar-refractivity contribution in [2.24, 2.45) is 0 Å². The van der Waals surface area contributed by atoms with Crippen LogP contribution in [0.3, 0.4) is 0 Å². The highest BCUT2D eigenvalue weighted by atomic mass is 35.5. The maximum absolute atomic E-state index is 11.9. The zero-order valence-corrected chi connectivity index (χ0v) is 13.2. The maximum Gasteiger partial charge on any atom is 0.255 e. The molecule has 1 aromatic rings. The molecule has 0 saturated carbocycles.